The number of carboxylic acid groups (broad SMARTS) is 1. The number of carbonyl (C=O) groups excluding carboxylic acids is 1. The number of nitrogens with zero attached hydrogens (tertiary/aromatic N) is 1. The van der Waals surface area contributed by atoms with E-state index in [1.54, 1.807) is 13.1 Å². The number of urea groups is 1. The van der Waals surface area contributed by atoms with Crippen LogP contribution in [0.15, 0.2) is 11.6 Å². The zero-order valence-corrected chi connectivity index (χ0v) is 11.9. The Morgan fingerprint density at radius 1 is 1.50 bits per heavy atom. The molecule has 1 aromatic rings. The molecule has 2 heterocycles. The summed E-state index contributed by atoms with van der Waals surface area (Å²) in [7, 11) is 0. The van der Waals surface area contributed by atoms with Gasteiger partial charge in [0.05, 0.1) is 6.04 Å². The standard InChI is InChI=1S/C12H17N3O4S/c1-8(9-13-4-7-20-9)14-11(18)15-12(10(16)17)2-5-19-6-3-12/h4,7-8H,2-3,5-6H2,1H3,(H,16,17)(H2,14,15,18). The third-order valence-electron chi connectivity index (χ3n) is 3.28. The van der Waals surface area contributed by atoms with Crippen molar-refractivity contribution >= 4 is 23.3 Å². The monoisotopic (exact) mass is 299 g/mol. The summed E-state index contributed by atoms with van der Waals surface area (Å²) >= 11 is 1.43. The summed E-state index contributed by atoms with van der Waals surface area (Å²) in [6.07, 6.45) is 2.19. The molecule has 1 saturated heterocycles. The fourth-order valence-corrected chi connectivity index (χ4v) is 2.72. The Hall–Kier alpha value is -1.67. The Balaban J connectivity index is 1.97. The van der Waals surface area contributed by atoms with Gasteiger partial charge in [-0.1, -0.05) is 0 Å². The predicted molar refractivity (Wildman–Crippen MR) is 72.6 cm³/mol. The maximum atomic E-state index is 12.0. The van der Waals surface area contributed by atoms with Crippen molar-refractivity contribution in [3.63, 3.8) is 0 Å². The number of carbonyl (C=O) groups is 2. The molecular formula is C12H17N3O4S. The van der Waals surface area contributed by atoms with Gasteiger partial charge in [-0.15, -0.1) is 11.3 Å². The lowest BCUT2D eigenvalue weighted by atomic mass is 9.90. The molecule has 1 aliphatic heterocycles. The topological polar surface area (TPSA) is 101 Å². The molecule has 110 valence electrons. The van der Waals surface area contributed by atoms with Crippen LogP contribution in [0.2, 0.25) is 0 Å². The fourth-order valence-electron chi connectivity index (χ4n) is 2.07. The van der Waals surface area contributed by atoms with E-state index in [9.17, 15) is 14.7 Å². The third-order valence-corrected chi connectivity index (χ3v) is 4.24. The Morgan fingerprint density at radius 2 is 2.20 bits per heavy atom. The van der Waals surface area contributed by atoms with Crippen LogP contribution in [0.1, 0.15) is 30.8 Å². The average molecular weight is 299 g/mol. The van der Waals surface area contributed by atoms with Crippen molar-refractivity contribution < 1.29 is 19.4 Å². The highest BCUT2D eigenvalue weighted by Crippen LogP contribution is 2.21. The molecule has 1 atom stereocenters. The van der Waals surface area contributed by atoms with Crippen LogP contribution in [0, 0.1) is 0 Å². The molecule has 1 aromatic heterocycles. The Labute approximate surface area is 120 Å². The molecule has 0 aliphatic carbocycles. The van der Waals surface area contributed by atoms with Crippen LogP contribution in [-0.4, -0.2) is 40.8 Å². The van der Waals surface area contributed by atoms with E-state index >= 15 is 0 Å². The Morgan fingerprint density at radius 3 is 2.75 bits per heavy atom. The van der Waals surface area contributed by atoms with Crippen LogP contribution in [0.25, 0.3) is 0 Å². The minimum absolute atomic E-state index is 0.263. The lowest BCUT2D eigenvalue weighted by Crippen LogP contribution is -2.59. The van der Waals surface area contributed by atoms with Gasteiger partial charge in [-0.3, -0.25) is 0 Å². The van der Waals surface area contributed by atoms with Crippen molar-refractivity contribution in [1.82, 2.24) is 15.6 Å². The van der Waals surface area contributed by atoms with E-state index in [0.29, 0.717) is 13.2 Å². The number of carboxylic acids is 1. The second-order valence-electron chi connectivity index (χ2n) is 4.69. The summed E-state index contributed by atoms with van der Waals surface area (Å²) in [4.78, 5) is 27.5. The molecule has 7 nitrogen and oxygen atoms in total. The second-order valence-corrected chi connectivity index (χ2v) is 5.62. The number of aromatic nitrogens is 1. The van der Waals surface area contributed by atoms with E-state index in [1.807, 2.05) is 5.38 Å². The lowest BCUT2D eigenvalue weighted by Gasteiger charge is -2.34. The number of rotatable bonds is 4. The molecule has 0 radical (unpaired) electrons. The zero-order chi connectivity index (χ0) is 14.6. The van der Waals surface area contributed by atoms with Crippen LogP contribution in [0.4, 0.5) is 4.79 Å². The van der Waals surface area contributed by atoms with E-state index in [2.05, 4.69) is 15.6 Å². The molecule has 2 rings (SSSR count). The van der Waals surface area contributed by atoms with Crippen LogP contribution in [-0.2, 0) is 9.53 Å². The summed E-state index contributed by atoms with van der Waals surface area (Å²) in [5.41, 5.74) is -1.25. The van der Waals surface area contributed by atoms with Crippen LogP contribution >= 0.6 is 11.3 Å². The number of nitrogens with one attached hydrogen (secondary N) is 2. The largest absolute Gasteiger partial charge is 0.480 e. The van der Waals surface area contributed by atoms with Crippen molar-refractivity contribution in [3.8, 4) is 0 Å². The minimum Gasteiger partial charge on any atom is -0.480 e. The van der Waals surface area contributed by atoms with Gasteiger partial charge in [0.2, 0.25) is 0 Å². The van der Waals surface area contributed by atoms with Crippen molar-refractivity contribution in [2.75, 3.05) is 13.2 Å². The summed E-state index contributed by atoms with van der Waals surface area (Å²) in [6.45, 7) is 2.46. The highest BCUT2D eigenvalue weighted by atomic mass is 32.1. The molecule has 0 bridgehead atoms. The number of amides is 2. The molecule has 1 aliphatic rings. The van der Waals surface area contributed by atoms with Crippen molar-refractivity contribution in [3.05, 3.63) is 16.6 Å². The molecule has 0 spiro atoms. The zero-order valence-electron chi connectivity index (χ0n) is 11.1. The van der Waals surface area contributed by atoms with Gasteiger partial charge in [0.1, 0.15) is 10.5 Å². The van der Waals surface area contributed by atoms with Gasteiger partial charge >= 0.3 is 12.0 Å². The molecule has 1 fully saturated rings. The van der Waals surface area contributed by atoms with Crippen LogP contribution in [0.5, 0.6) is 0 Å². The van der Waals surface area contributed by atoms with Crippen LogP contribution in [0.3, 0.4) is 0 Å². The molecule has 1 unspecified atom stereocenters. The first-order valence-corrected chi connectivity index (χ1v) is 7.21. The van der Waals surface area contributed by atoms with Crippen LogP contribution < -0.4 is 10.6 Å². The molecule has 8 heteroatoms. The molecule has 3 N–H and O–H groups in total. The first kappa shape index (κ1) is 14.7. The summed E-state index contributed by atoms with van der Waals surface area (Å²) in [5.74, 6) is -1.03. The first-order chi connectivity index (χ1) is 9.53. The smallest absolute Gasteiger partial charge is 0.329 e. The first-order valence-electron chi connectivity index (χ1n) is 6.33. The van der Waals surface area contributed by atoms with Gasteiger partial charge < -0.3 is 20.5 Å². The van der Waals surface area contributed by atoms with Gasteiger partial charge in [0.15, 0.2) is 0 Å². The van der Waals surface area contributed by atoms with Crippen molar-refractivity contribution in [2.24, 2.45) is 0 Å². The fraction of sp³-hybridized carbons (Fsp3) is 0.583. The van der Waals surface area contributed by atoms with E-state index in [-0.39, 0.29) is 18.9 Å². The molecule has 0 saturated carbocycles. The van der Waals surface area contributed by atoms with Gasteiger partial charge in [0, 0.05) is 37.6 Å². The SMILES string of the molecule is CC(NC(=O)NC1(C(=O)O)CCOCC1)c1nccs1. The number of hydrogen-bond donors (Lipinski definition) is 3. The molecule has 20 heavy (non-hydrogen) atoms. The van der Waals surface area contributed by atoms with Gasteiger partial charge in [-0.05, 0) is 6.92 Å². The summed E-state index contributed by atoms with van der Waals surface area (Å²) in [5, 5.41) is 17.2. The van der Waals surface area contributed by atoms with E-state index in [4.69, 9.17) is 4.74 Å². The third kappa shape index (κ3) is 3.26. The molecule has 2 amide bonds. The van der Waals surface area contributed by atoms with Gasteiger partial charge in [-0.25, -0.2) is 14.6 Å². The summed E-state index contributed by atoms with van der Waals surface area (Å²) in [6, 6.07) is -0.766. The maximum Gasteiger partial charge on any atom is 0.329 e. The number of ether oxygens (including phenoxy) is 1. The minimum atomic E-state index is -1.25. The quantitative estimate of drug-likeness (QED) is 0.774. The maximum absolute atomic E-state index is 12.0. The Kier molecular flexibility index (Phi) is 4.56. The normalized spacial score (nSPS) is 19.1. The predicted octanol–water partition coefficient (Wildman–Crippen LogP) is 1.14. The Bertz CT molecular complexity index is 471. The number of aliphatic carboxylic acids is 1. The average Bonchev–Trinajstić information content (AvgIpc) is 2.93. The van der Waals surface area contributed by atoms with Crippen molar-refractivity contribution in [2.45, 2.75) is 31.3 Å². The van der Waals surface area contributed by atoms with Crippen molar-refractivity contribution in [1.29, 1.82) is 0 Å². The highest BCUT2D eigenvalue weighted by Gasteiger charge is 2.41. The van der Waals surface area contributed by atoms with Gasteiger partial charge in [-0.2, -0.15) is 0 Å². The second kappa shape index (κ2) is 6.19. The van der Waals surface area contributed by atoms with E-state index < -0.39 is 17.5 Å². The summed E-state index contributed by atoms with van der Waals surface area (Å²) < 4.78 is 5.15. The molecular weight excluding hydrogens is 282 g/mol. The van der Waals surface area contributed by atoms with E-state index in [0.717, 1.165) is 5.01 Å². The van der Waals surface area contributed by atoms with Gasteiger partial charge in [0.25, 0.3) is 0 Å². The number of hydrogen-bond acceptors (Lipinski definition) is 5. The highest BCUT2D eigenvalue weighted by molar-refractivity contribution is 7.09. The van der Waals surface area contributed by atoms with E-state index in [1.165, 1.54) is 11.3 Å². The molecule has 0 aromatic carbocycles. The number of thiazole rings is 1. The lowest BCUT2D eigenvalue weighted by molar-refractivity contribution is -0.148.